The SMILES string of the molecule is Cc1cc2nc(C)c(CCC(=O)N3CCCN(C(=O)c4ccccc4F)CC3)c(C)n2n1. The van der Waals surface area contributed by atoms with Gasteiger partial charge in [-0.15, -0.1) is 0 Å². The third-order valence-electron chi connectivity index (χ3n) is 6.12. The van der Waals surface area contributed by atoms with Gasteiger partial charge in [0.1, 0.15) is 5.82 Å². The lowest BCUT2D eigenvalue weighted by Crippen LogP contribution is -2.37. The Balaban J connectivity index is 1.39. The average molecular weight is 438 g/mol. The molecule has 1 aromatic carbocycles. The maximum absolute atomic E-state index is 14.0. The molecule has 0 spiro atoms. The molecule has 4 rings (SSSR count). The zero-order valence-electron chi connectivity index (χ0n) is 18.8. The Bertz CT molecular complexity index is 1170. The summed E-state index contributed by atoms with van der Waals surface area (Å²) in [5, 5.41) is 4.49. The van der Waals surface area contributed by atoms with Gasteiger partial charge in [-0.3, -0.25) is 9.59 Å². The Morgan fingerprint density at radius 3 is 2.53 bits per heavy atom. The molecule has 1 aliphatic heterocycles. The van der Waals surface area contributed by atoms with Crippen LogP contribution in [0.5, 0.6) is 0 Å². The van der Waals surface area contributed by atoms with Crippen LogP contribution in [0.15, 0.2) is 30.3 Å². The van der Waals surface area contributed by atoms with Crippen molar-refractivity contribution < 1.29 is 14.0 Å². The number of halogens is 1. The van der Waals surface area contributed by atoms with Crippen LogP contribution in [0.4, 0.5) is 4.39 Å². The number of nitrogens with zero attached hydrogens (tertiary/aromatic N) is 5. The van der Waals surface area contributed by atoms with E-state index in [0.717, 1.165) is 28.3 Å². The number of aromatic nitrogens is 3. The predicted octanol–water partition coefficient (Wildman–Crippen LogP) is 3.10. The van der Waals surface area contributed by atoms with Crippen molar-refractivity contribution in [2.24, 2.45) is 0 Å². The van der Waals surface area contributed by atoms with E-state index < -0.39 is 5.82 Å². The predicted molar refractivity (Wildman–Crippen MR) is 119 cm³/mol. The van der Waals surface area contributed by atoms with Crippen molar-refractivity contribution in [3.8, 4) is 0 Å². The van der Waals surface area contributed by atoms with Gasteiger partial charge >= 0.3 is 0 Å². The number of hydrogen-bond acceptors (Lipinski definition) is 4. The molecule has 1 aliphatic rings. The highest BCUT2D eigenvalue weighted by Crippen LogP contribution is 2.18. The second-order valence-electron chi connectivity index (χ2n) is 8.32. The Hall–Kier alpha value is -3.29. The van der Waals surface area contributed by atoms with E-state index in [1.54, 1.807) is 17.0 Å². The van der Waals surface area contributed by atoms with Gasteiger partial charge in [0.25, 0.3) is 5.91 Å². The van der Waals surface area contributed by atoms with E-state index in [0.29, 0.717) is 45.4 Å². The van der Waals surface area contributed by atoms with Crippen molar-refractivity contribution in [2.45, 2.75) is 40.0 Å². The summed E-state index contributed by atoms with van der Waals surface area (Å²) >= 11 is 0. The van der Waals surface area contributed by atoms with Gasteiger partial charge in [0, 0.05) is 50.1 Å². The van der Waals surface area contributed by atoms with E-state index in [1.807, 2.05) is 36.3 Å². The normalized spacial score (nSPS) is 14.6. The number of hydrogen-bond donors (Lipinski definition) is 0. The largest absolute Gasteiger partial charge is 0.341 e. The maximum Gasteiger partial charge on any atom is 0.256 e. The second-order valence-corrected chi connectivity index (χ2v) is 8.32. The molecule has 0 saturated carbocycles. The van der Waals surface area contributed by atoms with Crippen molar-refractivity contribution in [1.29, 1.82) is 0 Å². The lowest BCUT2D eigenvalue weighted by atomic mass is 10.1. The lowest BCUT2D eigenvalue weighted by molar-refractivity contribution is -0.131. The molecule has 0 aliphatic carbocycles. The first-order valence-corrected chi connectivity index (χ1v) is 11.0. The van der Waals surface area contributed by atoms with Crippen molar-refractivity contribution in [3.63, 3.8) is 0 Å². The van der Waals surface area contributed by atoms with Gasteiger partial charge in [0.2, 0.25) is 5.91 Å². The van der Waals surface area contributed by atoms with Gasteiger partial charge in [-0.2, -0.15) is 5.10 Å². The minimum absolute atomic E-state index is 0.0562. The van der Waals surface area contributed by atoms with Crippen LogP contribution >= 0.6 is 0 Å². The van der Waals surface area contributed by atoms with Crippen LogP contribution in [0, 0.1) is 26.6 Å². The summed E-state index contributed by atoms with van der Waals surface area (Å²) < 4.78 is 15.8. The molecule has 2 amide bonds. The molecule has 0 N–H and O–H groups in total. The molecule has 168 valence electrons. The molecule has 32 heavy (non-hydrogen) atoms. The van der Waals surface area contributed by atoms with Crippen LogP contribution in [0.2, 0.25) is 0 Å². The van der Waals surface area contributed by atoms with Crippen LogP contribution < -0.4 is 0 Å². The van der Waals surface area contributed by atoms with E-state index in [9.17, 15) is 14.0 Å². The molecule has 0 bridgehead atoms. The molecule has 3 heterocycles. The van der Waals surface area contributed by atoms with Crippen molar-refractivity contribution in [2.75, 3.05) is 26.2 Å². The minimum Gasteiger partial charge on any atom is -0.341 e. The fraction of sp³-hybridized carbons (Fsp3) is 0.417. The summed E-state index contributed by atoms with van der Waals surface area (Å²) in [5.74, 6) is -0.781. The number of carbonyl (C=O) groups excluding carboxylic acids is 2. The number of benzene rings is 1. The Kier molecular flexibility index (Phi) is 6.21. The molecule has 1 saturated heterocycles. The highest BCUT2D eigenvalue weighted by molar-refractivity contribution is 5.94. The Morgan fingerprint density at radius 2 is 1.75 bits per heavy atom. The monoisotopic (exact) mass is 437 g/mol. The Labute approximate surface area is 186 Å². The van der Waals surface area contributed by atoms with Crippen molar-refractivity contribution in [3.05, 3.63) is 64.4 Å². The van der Waals surface area contributed by atoms with Crippen LogP contribution in [0.25, 0.3) is 5.65 Å². The zero-order chi connectivity index (χ0) is 22.8. The number of carbonyl (C=O) groups is 2. The van der Waals surface area contributed by atoms with Crippen LogP contribution in [-0.2, 0) is 11.2 Å². The van der Waals surface area contributed by atoms with Crippen LogP contribution in [-0.4, -0.2) is 62.4 Å². The lowest BCUT2D eigenvalue weighted by Gasteiger charge is -2.22. The van der Waals surface area contributed by atoms with Gasteiger partial charge in [-0.25, -0.2) is 13.9 Å². The van der Waals surface area contributed by atoms with E-state index in [-0.39, 0.29) is 17.4 Å². The number of rotatable bonds is 4. The second kappa shape index (κ2) is 9.06. The molecule has 8 heteroatoms. The number of amides is 2. The molecule has 0 atom stereocenters. The molecule has 7 nitrogen and oxygen atoms in total. The van der Waals surface area contributed by atoms with E-state index in [4.69, 9.17) is 0 Å². The quantitative estimate of drug-likeness (QED) is 0.629. The first kappa shape index (κ1) is 21.9. The van der Waals surface area contributed by atoms with E-state index >= 15 is 0 Å². The average Bonchev–Trinajstić information content (AvgIpc) is 2.97. The van der Waals surface area contributed by atoms with Gasteiger partial charge in [-0.05, 0) is 51.3 Å². The smallest absolute Gasteiger partial charge is 0.256 e. The molecule has 0 radical (unpaired) electrons. The summed E-state index contributed by atoms with van der Waals surface area (Å²) in [6, 6.07) is 7.97. The summed E-state index contributed by atoms with van der Waals surface area (Å²) in [6.45, 7) is 7.86. The van der Waals surface area contributed by atoms with Crippen molar-refractivity contribution >= 4 is 17.5 Å². The van der Waals surface area contributed by atoms with Crippen LogP contribution in [0.1, 0.15) is 45.8 Å². The third-order valence-corrected chi connectivity index (χ3v) is 6.12. The summed E-state index contributed by atoms with van der Waals surface area (Å²) in [7, 11) is 0. The van der Waals surface area contributed by atoms with Gasteiger partial charge < -0.3 is 9.80 Å². The van der Waals surface area contributed by atoms with E-state index in [1.165, 1.54) is 12.1 Å². The molecular formula is C24H28FN5O2. The molecule has 3 aromatic rings. The summed E-state index contributed by atoms with van der Waals surface area (Å²) in [5.41, 5.74) is 4.77. The molecule has 0 unspecified atom stereocenters. The van der Waals surface area contributed by atoms with E-state index in [2.05, 4.69) is 10.1 Å². The van der Waals surface area contributed by atoms with Gasteiger partial charge in [0.15, 0.2) is 5.65 Å². The third kappa shape index (κ3) is 4.35. The molecule has 1 fully saturated rings. The first-order valence-electron chi connectivity index (χ1n) is 11.0. The highest BCUT2D eigenvalue weighted by atomic mass is 19.1. The van der Waals surface area contributed by atoms with Gasteiger partial charge in [-0.1, -0.05) is 12.1 Å². The summed E-state index contributed by atoms with van der Waals surface area (Å²) in [4.78, 5) is 33.7. The topological polar surface area (TPSA) is 70.8 Å². The van der Waals surface area contributed by atoms with Gasteiger partial charge in [0.05, 0.1) is 11.3 Å². The number of fused-ring (bicyclic) bond motifs is 1. The molecule has 2 aromatic heterocycles. The first-order chi connectivity index (χ1) is 15.3. The number of aryl methyl sites for hydroxylation is 3. The maximum atomic E-state index is 14.0. The minimum atomic E-state index is -0.515. The summed E-state index contributed by atoms with van der Waals surface area (Å²) in [6.07, 6.45) is 1.63. The fourth-order valence-corrected chi connectivity index (χ4v) is 4.37. The van der Waals surface area contributed by atoms with Crippen molar-refractivity contribution in [1.82, 2.24) is 24.4 Å². The highest BCUT2D eigenvalue weighted by Gasteiger charge is 2.24. The zero-order valence-corrected chi connectivity index (χ0v) is 18.8. The standard InChI is InChI=1S/C24H28FN5O2/c1-16-15-22-26-17(2)19(18(3)30(22)27-16)9-10-23(31)28-11-6-12-29(14-13-28)24(32)20-7-4-5-8-21(20)25/h4-5,7-8,15H,6,9-14H2,1-3H3. The molecular weight excluding hydrogens is 409 g/mol. The fourth-order valence-electron chi connectivity index (χ4n) is 4.37. The Morgan fingerprint density at radius 1 is 1.03 bits per heavy atom. The van der Waals surface area contributed by atoms with Crippen LogP contribution in [0.3, 0.4) is 0 Å².